The predicted octanol–water partition coefficient (Wildman–Crippen LogP) is 2.33. The quantitative estimate of drug-likeness (QED) is 0.799. The van der Waals surface area contributed by atoms with Gasteiger partial charge in [-0.25, -0.2) is 4.98 Å². The highest BCUT2D eigenvalue weighted by Gasteiger charge is 2.27. The number of fused-ring (bicyclic) bond motifs is 1. The Labute approximate surface area is 171 Å². The molecule has 1 atom stereocenters. The van der Waals surface area contributed by atoms with Gasteiger partial charge in [-0.1, -0.05) is 25.9 Å². The van der Waals surface area contributed by atoms with Crippen LogP contribution in [0.3, 0.4) is 0 Å². The molecule has 2 amide bonds. The van der Waals surface area contributed by atoms with E-state index >= 15 is 0 Å². The van der Waals surface area contributed by atoms with Crippen molar-refractivity contribution in [2.24, 2.45) is 0 Å². The Bertz CT molecular complexity index is 884. The summed E-state index contributed by atoms with van der Waals surface area (Å²) in [6.45, 7) is 12.8. The van der Waals surface area contributed by atoms with Crippen molar-refractivity contribution in [3.63, 3.8) is 0 Å². The van der Waals surface area contributed by atoms with Gasteiger partial charge in [0.25, 0.3) is 11.6 Å². The van der Waals surface area contributed by atoms with E-state index in [1.807, 2.05) is 45.6 Å². The van der Waals surface area contributed by atoms with Gasteiger partial charge in [-0.3, -0.25) is 14.5 Å². The number of hydrogen-bond acceptors (Lipinski definition) is 6. The zero-order chi connectivity index (χ0) is 21.1. The first-order chi connectivity index (χ1) is 13.8. The SMILES string of the molecule is CCC(C)NC(=O)CN1CCN(C(=O)c2cc(C(C)C)nc3onc(C)c23)CC1. The number of pyridine rings is 1. The topological polar surface area (TPSA) is 91.6 Å². The molecule has 0 aromatic carbocycles. The van der Waals surface area contributed by atoms with Gasteiger partial charge in [0.1, 0.15) is 0 Å². The monoisotopic (exact) mass is 401 g/mol. The van der Waals surface area contributed by atoms with Gasteiger partial charge in [0, 0.05) is 37.9 Å². The van der Waals surface area contributed by atoms with Gasteiger partial charge in [-0.05, 0) is 32.3 Å². The van der Waals surface area contributed by atoms with Crippen molar-refractivity contribution in [2.75, 3.05) is 32.7 Å². The highest BCUT2D eigenvalue weighted by atomic mass is 16.5. The third-order valence-electron chi connectivity index (χ3n) is 5.51. The lowest BCUT2D eigenvalue weighted by Crippen LogP contribution is -2.51. The fourth-order valence-electron chi connectivity index (χ4n) is 3.48. The van der Waals surface area contributed by atoms with Crippen LogP contribution in [0.15, 0.2) is 10.6 Å². The molecule has 0 spiro atoms. The molecule has 0 bridgehead atoms. The standard InChI is InChI=1S/C21H31N5O3/c1-6-14(4)22-18(27)12-25-7-9-26(10-8-25)21(28)16-11-17(13(2)3)23-20-19(16)15(5)24-29-20/h11,13-14H,6-10,12H2,1-5H3,(H,22,27). The van der Waals surface area contributed by atoms with E-state index in [2.05, 4.69) is 20.4 Å². The predicted molar refractivity (Wildman–Crippen MR) is 111 cm³/mol. The van der Waals surface area contributed by atoms with Crippen LogP contribution in [0.25, 0.3) is 11.1 Å². The summed E-state index contributed by atoms with van der Waals surface area (Å²) >= 11 is 0. The number of aromatic nitrogens is 2. The number of nitrogens with zero attached hydrogens (tertiary/aromatic N) is 4. The molecule has 158 valence electrons. The number of carbonyl (C=O) groups is 2. The van der Waals surface area contributed by atoms with Crippen LogP contribution < -0.4 is 5.32 Å². The molecule has 1 aliphatic rings. The van der Waals surface area contributed by atoms with Crippen LogP contribution in [0.5, 0.6) is 0 Å². The maximum absolute atomic E-state index is 13.3. The number of rotatable bonds is 6. The zero-order valence-electron chi connectivity index (χ0n) is 18.0. The van der Waals surface area contributed by atoms with E-state index < -0.39 is 0 Å². The van der Waals surface area contributed by atoms with Gasteiger partial charge in [-0.2, -0.15) is 0 Å². The van der Waals surface area contributed by atoms with Crippen molar-refractivity contribution in [3.8, 4) is 0 Å². The largest absolute Gasteiger partial charge is 0.353 e. The normalized spacial score (nSPS) is 16.4. The molecule has 0 radical (unpaired) electrons. The summed E-state index contributed by atoms with van der Waals surface area (Å²) in [5.41, 5.74) is 2.50. The highest BCUT2D eigenvalue weighted by molar-refractivity contribution is 6.06. The van der Waals surface area contributed by atoms with E-state index in [1.165, 1.54) is 0 Å². The second-order valence-electron chi connectivity index (χ2n) is 8.14. The fourth-order valence-corrected chi connectivity index (χ4v) is 3.48. The summed E-state index contributed by atoms with van der Waals surface area (Å²) in [6, 6.07) is 2.05. The van der Waals surface area contributed by atoms with Crippen LogP contribution in [0.2, 0.25) is 0 Å². The Morgan fingerprint density at radius 3 is 2.52 bits per heavy atom. The smallest absolute Gasteiger partial charge is 0.259 e. The second-order valence-corrected chi connectivity index (χ2v) is 8.14. The Morgan fingerprint density at radius 2 is 1.90 bits per heavy atom. The minimum absolute atomic E-state index is 0.0330. The Balaban J connectivity index is 1.70. The highest BCUT2D eigenvalue weighted by Crippen LogP contribution is 2.26. The van der Waals surface area contributed by atoms with E-state index in [4.69, 9.17) is 4.52 Å². The van der Waals surface area contributed by atoms with E-state index in [9.17, 15) is 9.59 Å². The summed E-state index contributed by atoms with van der Waals surface area (Å²) in [5.74, 6) is 0.183. The van der Waals surface area contributed by atoms with Gasteiger partial charge in [0.05, 0.1) is 23.2 Å². The van der Waals surface area contributed by atoms with Gasteiger partial charge in [-0.15, -0.1) is 0 Å². The molecular weight excluding hydrogens is 370 g/mol. The molecule has 3 heterocycles. The second kappa shape index (κ2) is 8.90. The van der Waals surface area contributed by atoms with Crippen molar-refractivity contribution >= 4 is 22.9 Å². The third kappa shape index (κ3) is 4.75. The van der Waals surface area contributed by atoms with Crippen LogP contribution in [0, 0.1) is 6.92 Å². The summed E-state index contributed by atoms with van der Waals surface area (Å²) in [6.07, 6.45) is 0.912. The molecule has 1 aliphatic heterocycles. The van der Waals surface area contributed by atoms with Crippen LogP contribution in [0.1, 0.15) is 61.8 Å². The fraction of sp³-hybridized carbons (Fsp3) is 0.619. The minimum Gasteiger partial charge on any atom is -0.353 e. The first-order valence-electron chi connectivity index (χ1n) is 10.4. The maximum Gasteiger partial charge on any atom is 0.259 e. The molecule has 2 aromatic heterocycles. The first-order valence-corrected chi connectivity index (χ1v) is 10.4. The lowest BCUT2D eigenvalue weighted by atomic mass is 10.0. The van der Waals surface area contributed by atoms with Crippen LogP contribution >= 0.6 is 0 Å². The number of carbonyl (C=O) groups excluding carboxylic acids is 2. The Hall–Kier alpha value is -2.48. The van der Waals surface area contributed by atoms with Gasteiger partial charge in [0.2, 0.25) is 5.91 Å². The molecule has 0 saturated carbocycles. The number of aryl methyl sites for hydroxylation is 1. The molecule has 3 rings (SSSR count). The van der Waals surface area contributed by atoms with Crippen molar-refractivity contribution < 1.29 is 14.1 Å². The van der Waals surface area contributed by atoms with Crippen molar-refractivity contribution in [3.05, 3.63) is 23.0 Å². The van der Waals surface area contributed by atoms with E-state index in [0.29, 0.717) is 55.1 Å². The number of amides is 2. The van der Waals surface area contributed by atoms with Gasteiger partial charge >= 0.3 is 0 Å². The summed E-state index contributed by atoms with van der Waals surface area (Å²) in [4.78, 5) is 33.8. The molecule has 1 unspecified atom stereocenters. The molecule has 8 heteroatoms. The van der Waals surface area contributed by atoms with E-state index in [0.717, 1.165) is 12.1 Å². The zero-order valence-corrected chi connectivity index (χ0v) is 18.0. The molecule has 2 aromatic rings. The van der Waals surface area contributed by atoms with Crippen LogP contribution in [-0.4, -0.2) is 70.5 Å². The summed E-state index contributed by atoms with van der Waals surface area (Å²) < 4.78 is 5.33. The molecule has 0 aliphatic carbocycles. The van der Waals surface area contributed by atoms with Crippen molar-refractivity contribution in [2.45, 2.75) is 53.0 Å². The van der Waals surface area contributed by atoms with Gasteiger partial charge < -0.3 is 14.7 Å². The molecule has 8 nitrogen and oxygen atoms in total. The van der Waals surface area contributed by atoms with Crippen LogP contribution in [-0.2, 0) is 4.79 Å². The molecule has 1 saturated heterocycles. The van der Waals surface area contributed by atoms with Crippen LogP contribution in [0.4, 0.5) is 0 Å². The van der Waals surface area contributed by atoms with E-state index in [1.54, 1.807) is 0 Å². The average Bonchev–Trinajstić information content (AvgIpc) is 3.08. The number of nitrogens with one attached hydrogen (secondary N) is 1. The first kappa shape index (κ1) is 21.2. The molecular formula is C21H31N5O3. The average molecular weight is 402 g/mol. The summed E-state index contributed by atoms with van der Waals surface area (Å²) in [5, 5.41) is 7.68. The third-order valence-corrected chi connectivity index (χ3v) is 5.51. The number of piperazine rings is 1. The lowest BCUT2D eigenvalue weighted by molar-refractivity contribution is -0.123. The molecule has 29 heavy (non-hydrogen) atoms. The molecule has 1 N–H and O–H groups in total. The van der Waals surface area contributed by atoms with Crippen molar-refractivity contribution in [1.82, 2.24) is 25.3 Å². The van der Waals surface area contributed by atoms with Crippen molar-refractivity contribution in [1.29, 1.82) is 0 Å². The van der Waals surface area contributed by atoms with E-state index in [-0.39, 0.29) is 23.8 Å². The molecule has 1 fully saturated rings. The minimum atomic E-state index is -0.0330. The maximum atomic E-state index is 13.3. The summed E-state index contributed by atoms with van der Waals surface area (Å²) in [7, 11) is 0. The lowest BCUT2D eigenvalue weighted by Gasteiger charge is -2.34. The Morgan fingerprint density at radius 1 is 1.21 bits per heavy atom. The Kier molecular flexibility index (Phi) is 6.52. The van der Waals surface area contributed by atoms with Gasteiger partial charge in [0.15, 0.2) is 0 Å². The number of hydrogen-bond donors (Lipinski definition) is 1.